The van der Waals surface area contributed by atoms with Crippen LogP contribution in [0.1, 0.15) is 38.5 Å². The first-order valence-electron chi connectivity index (χ1n) is 6.57. The topological polar surface area (TPSA) is 122 Å². The number of amides is 1. The number of hydroxylamine groups is 1. The average Bonchev–Trinajstić information content (AvgIpc) is 2.38. The van der Waals surface area contributed by atoms with Crippen molar-refractivity contribution in [1.82, 2.24) is 5.48 Å². The highest BCUT2D eigenvalue weighted by molar-refractivity contribution is 5.80. The Hall–Kier alpha value is -1.18. The molecule has 19 heavy (non-hydrogen) atoms. The van der Waals surface area contributed by atoms with Gasteiger partial charge in [-0.2, -0.15) is 0 Å². The van der Waals surface area contributed by atoms with Crippen LogP contribution >= 0.6 is 0 Å². The third-order valence-corrected chi connectivity index (χ3v) is 3.37. The van der Waals surface area contributed by atoms with E-state index in [2.05, 4.69) is 4.84 Å². The Morgan fingerprint density at radius 2 is 1.95 bits per heavy atom. The second-order valence-electron chi connectivity index (χ2n) is 5.00. The van der Waals surface area contributed by atoms with Crippen molar-refractivity contribution in [3.63, 3.8) is 0 Å². The summed E-state index contributed by atoms with van der Waals surface area (Å²) >= 11 is 0. The molecule has 1 amide bonds. The standard InChI is InChI=1S/C12H22N2O5/c13-9(6-8-4-2-1-3-5-8)11(17)12(18)14-19-7-10(15)16/h8-9,11,17H,1-7,13H2,(H,14,18)(H,15,16). The summed E-state index contributed by atoms with van der Waals surface area (Å²) in [5.74, 6) is -1.56. The van der Waals surface area contributed by atoms with Gasteiger partial charge in [-0.15, -0.1) is 0 Å². The van der Waals surface area contributed by atoms with E-state index < -0.39 is 30.6 Å². The fourth-order valence-corrected chi connectivity index (χ4v) is 2.36. The van der Waals surface area contributed by atoms with Gasteiger partial charge in [0.05, 0.1) is 0 Å². The second-order valence-corrected chi connectivity index (χ2v) is 5.00. The number of hydrogen-bond donors (Lipinski definition) is 4. The third kappa shape index (κ3) is 6.00. The Balaban J connectivity index is 2.27. The van der Waals surface area contributed by atoms with E-state index in [1.807, 2.05) is 5.48 Å². The minimum Gasteiger partial charge on any atom is -0.479 e. The van der Waals surface area contributed by atoms with Gasteiger partial charge < -0.3 is 15.9 Å². The van der Waals surface area contributed by atoms with Crippen molar-refractivity contribution in [2.24, 2.45) is 11.7 Å². The van der Waals surface area contributed by atoms with E-state index >= 15 is 0 Å². The molecule has 0 bridgehead atoms. The fraction of sp³-hybridized carbons (Fsp3) is 0.833. The quantitative estimate of drug-likeness (QED) is 0.476. The van der Waals surface area contributed by atoms with Crippen LogP contribution in [0.25, 0.3) is 0 Å². The van der Waals surface area contributed by atoms with Crippen LogP contribution in [-0.4, -0.2) is 40.8 Å². The fourth-order valence-electron chi connectivity index (χ4n) is 2.36. The zero-order chi connectivity index (χ0) is 14.3. The first-order valence-corrected chi connectivity index (χ1v) is 6.57. The summed E-state index contributed by atoms with van der Waals surface area (Å²) in [5.41, 5.74) is 7.68. The van der Waals surface area contributed by atoms with Crippen molar-refractivity contribution in [3.8, 4) is 0 Å². The van der Waals surface area contributed by atoms with Gasteiger partial charge in [-0.3, -0.25) is 9.63 Å². The first-order chi connectivity index (χ1) is 9.00. The molecule has 0 aliphatic heterocycles. The molecule has 2 unspecified atom stereocenters. The maximum atomic E-state index is 11.4. The van der Waals surface area contributed by atoms with Gasteiger partial charge in [0.25, 0.3) is 5.91 Å². The maximum Gasteiger partial charge on any atom is 0.332 e. The molecule has 0 aromatic carbocycles. The van der Waals surface area contributed by atoms with E-state index in [4.69, 9.17) is 10.8 Å². The van der Waals surface area contributed by atoms with Crippen LogP contribution in [0.15, 0.2) is 0 Å². The number of carboxylic acids is 1. The molecular weight excluding hydrogens is 252 g/mol. The smallest absolute Gasteiger partial charge is 0.332 e. The number of nitrogens with two attached hydrogens (primary N) is 1. The summed E-state index contributed by atoms with van der Waals surface area (Å²) in [6.07, 6.45) is 4.94. The van der Waals surface area contributed by atoms with E-state index in [0.717, 1.165) is 12.8 Å². The van der Waals surface area contributed by atoms with E-state index in [0.29, 0.717) is 12.3 Å². The maximum absolute atomic E-state index is 11.4. The number of rotatable bonds is 7. The van der Waals surface area contributed by atoms with Gasteiger partial charge in [-0.05, 0) is 12.3 Å². The number of aliphatic hydroxyl groups excluding tert-OH is 1. The molecule has 0 spiro atoms. The summed E-state index contributed by atoms with van der Waals surface area (Å²) in [6, 6.07) is -0.656. The number of aliphatic hydroxyl groups is 1. The van der Waals surface area contributed by atoms with Gasteiger partial charge >= 0.3 is 5.97 Å². The SMILES string of the molecule is NC(CC1CCCCC1)C(O)C(=O)NOCC(=O)O. The van der Waals surface area contributed by atoms with Gasteiger partial charge in [-0.1, -0.05) is 32.1 Å². The van der Waals surface area contributed by atoms with Crippen LogP contribution in [0.3, 0.4) is 0 Å². The van der Waals surface area contributed by atoms with Crippen molar-refractivity contribution < 1.29 is 24.6 Å². The molecule has 0 aromatic heterocycles. The molecule has 7 heteroatoms. The highest BCUT2D eigenvalue weighted by Gasteiger charge is 2.26. The molecular formula is C12H22N2O5. The minimum absolute atomic E-state index is 0.450. The lowest BCUT2D eigenvalue weighted by atomic mass is 9.84. The summed E-state index contributed by atoms with van der Waals surface area (Å²) in [5, 5.41) is 18.0. The Labute approximate surface area is 112 Å². The van der Waals surface area contributed by atoms with Crippen LogP contribution in [0.5, 0.6) is 0 Å². The lowest BCUT2D eigenvalue weighted by Crippen LogP contribution is -2.47. The van der Waals surface area contributed by atoms with Crippen LogP contribution in [0.4, 0.5) is 0 Å². The van der Waals surface area contributed by atoms with Crippen molar-refractivity contribution in [1.29, 1.82) is 0 Å². The van der Waals surface area contributed by atoms with Crippen LogP contribution in [0, 0.1) is 5.92 Å². The zero-order valence-electron chi connectivity index (χ0n) is 10.9. The number of aliphatic carboxylic acids is 1. The van der Waals surface area contributed by atoms with Crippen LogP contribution in [0.2, 0.25) is 0 Å². The third-order valence-electron chi connectivity index (χ3n) is 3.37. The summed E-state index contributed by atoms with van der Waals surface area (Å²) in [7, 11) is 0. The summed E-state index contributed by atoms with van der Waals surface area (Å²) < 4.78 is 0. The lowest BCUT2D eigenvalue weighted by Gasteiger charge is -2.26. The van der Waals surface area contributed by atoms with Crippen molar-refractivity contribution >= 4 is 11.9 Å². The predicted octanol–water partition coefficient (Wildman–Crippen LogP) is -0.223. The van der Waals surface area contributed by atoms with Crippen molar-refractivity contribution in [3.05, 3.63) is 0 Å². The molecule has 5 N–H and O–H groups in total. The van der Waals surface area contributed by atoms with Gasteiger partial charge in [0.2, 0.25) is 0 Å². The van der Waals surface area contributed by atoms with Crippen LogP contribution < -0.4 is 11.2 Å². The van der Waals surface area contributed by atoms with Gasteiger partial charge in [0, 0.05) is 6.04 Å². The highest BCUT2D eigenvalue weighted by atomic mass is 16.7. The molecule has 0 saturated heterocycles. The number of carboxylic acid groups (broad SMARTS) is 1. The van der Waals surface area contributed by atoms with Crippen molar-refractivity contribution in [2.75, 3.05) is 6.61 Å². The highest BCUT2D eigenvalue weighted by Crippen LogP contribution is 2.27. The molecule has 0 aromatic rings. The van der Waals surface area contributed by atoms with E-state index in [-0.39, 0.29) is 0 Å². The Kier molecular flexibility index (Phi) is 6.75. The largest absolute Gasteiger partial charge is 0.479 e. The molecule has 1 rings (SSSR count). The van der Waals surface area contributed by atoms with E-state index in [1.54, 1.807) is 0 Å². The first kappa shape index (κ1) is 15.9. The Bertz CT molecular complexity index is 304. The number of carbonyl (C=O) groups is 2. The number of hydrogen-bond acceptors (Lipinski definition) is 5. The number of nitrogens with one attached hydrogen (secondary N) is 1. The Morgan fingerprint density at radius 1 is 1.32 bits per heavy atom. The average molecular weight is 274 g/mol. The monoisotopic (exact) mass is 274 g/mol. The normalized spacial score (nSPS) is 19.7. The molecule has 1 aliphatic rings. The van der Waals surface area contributed by atoms with Gasteiger partial charge in [0.15, 0.2) is 6.61 Å². The molecule has 110 valence electrons. The van der Waals surface area contributed by atoms with E-state index in [9.17, 15) is 14.7 Å². The minimum atomic E-state index is -1.38. The molecule has 1 saturated carbocycles. The molecule has 1 fully saturated rings. The number of carbonyl (C=O) groups excluding carboxylic acids is 1. The molecule has 0 heterocycles. The molecule has 1 aliphatic carbocycles. The summed E-state index contributed by atoms with van der Waals surface area (Å²) in [4.78, 5) is 26.0. The lowest BCUT2D eigenvalue weighted by molar-refractivity contribution is -0.153. The molecule has 0 radical (unpaired) electrons. The Morgan fingerprint density at radius 3 is 2.53 bits per heavy atom. The second kappa shape index (κ2) is 8.08. The van der Waals surface area contributed by atoms with Crippen molar-refractivity contribution in [2.45, 2.75) is 50.7 Å². The zero-order valence-corrected chi connectivity index (χ0v) is 10.9. The molecule has 2 atom stereocenters. The van der Waals surface area contributed by atoms with Gasteiger partial charge in [0.1, 0.15) is 6.10 Å². The van der Waals surface area contributed by atoms with Crippen LogP contribution in [-0.2, 0) is 14.4 Å². The van der Waals surface area contributed by atoms with Gasteiger partial charge in [-0.25, -0.2) is 10.3 Å². The van der Waals surface area contributed by atoms with E-state index in [1.165, 1.54) is 19.3 Å². The predicted molar refractivity (Wildman–Crippen MR) is 66.9 cm³/mol. The molecule has 7 nitrogen and oxygen atoms in total. The summed E-state index contributed by atoms with van der Waals surface area (Å²) in [6.45, 7) is -0.656.